The summed E-state index contributed by atoms with van der Waals surface area (Å²) in [6.07, 6.45) is 3.54. The summed E-state index contributed by atoms with van der Waals surface area (Å²) in [6, 6.07) is 0. The van der Waals surface area contributed by atoms with Gasteiger partial charge in [0.1, 0.15) is 5.15 Å². The first-order chi connectivity index (χ1) is 7.18. The van der Waals surface area contributed by atoms with Crippen molar-refractivity contribution < 1.29 is 0 Å². The van der Waals surface area contributed by atoms with Gasteiger partial charge in [-0.25, -0.2) is 4.98 Å². The number of imidazole rings is 1. The number of nitrogens with one attached hydrogen (secondary N) is 1. The van der Waals surface area contributed by atoms with Gasteiger partial charge in [-0.05, 0) is 6.92 Å². The smallest absolute Gasteiger partial charge is 0.165 e. The van der Waals surface area contributed by atoms with E-state index in [1.807, 2.05) is 14.0 Å². The first-order valence-electron chi connectivity index (χ1n) is 4.48. The minimum Gasteiger partial charge on any atom is -0.340 e. The first kappa shape index (κ1) is 10.6. The Morgan fingerprint density at radius 3 is 2.93 bits per heavy atom. The number of aromatic amines is 1. The van der Waals surface area contributed by atoms with E-state index in [4.69, 9.17) is 11.6 Å². The maximum Gasteiger partial charge on any atom is 0.165 e. The van der Waals surface area contributed by atoms with E-state index in [1.54, 1.807) is 28.8 Å². The van der Waals surface area contributed by atoms with Crippen molar-refractivity contribution in [2.45, 2.75) is 17.8 Å². The van der Waals surface area contributed by atoms with E-state index in [2.05, 4.69) is 15.1 Å². The lowest BCUT2D eigenvalue weighted by Gasteiger charge is -1.98. The standard InChI is InChI=1S/C9H11ClN4S/c1-6-7(8(10)14(2)13-6)5-15-9-11-3-4-12-9/h3-4H,5H2,1-2H3,(H,11,12). The number of aromatic nitrogens is 4. The lowest BCUT2D eigenvalue weighted by atomic mass is 10.3. The molecule has 80 valence electrons. The molecule has 0 aliphatic heterocycles. The van der Waals surface area contributed by atoms with Crippen molar-refractivity contribution in [2.75, 3.05) is 0 Å². The number of hydrogen-bond acceptors (Lipinski definition) is 3. The highest BCUT2D eigenvalue weighted by Crippen LogP contribution is 2.26. The highest BCUT2D eigenvalue weighted by Gasteiger charge is 2.11. The number of halogens is 1. The fourth-order valence-corrected chi connectivity index (χ4v) is 2.54. The summed E-state index contributed by atoms with van der Waals surface area (Å²) in [6.45, 7) is 1.96. The Kier molecular flexibility index (Phi) is 3.02. The van der Waals surface area contributed by atoms with E-state index in [-0.39, 0.29) is 0 Å². The second kappa shape index (κ2) is 4.28. The molecule has 0 saturated carbocycles. The number of H-pyrrole nitrogens is 1. The number of rotatable bonds is 3. The summed E-state index contributed by atoms with van der Waals surface area (Å²) in [5, 5.41) is 5.85. The molecule has 0 unspecified atom stereocenters. The third-order valence-electron chi connectivity index (χ3n) is 2.10. The molecule has 2 rings (SSSR count). The second-order valence-corrected chi connectivity index (χ2v) is 4.48. The number of nitrogens with zero attached hydrogens (tertiary/aromatic N) is 3. The molecule has 0 spiro atoms. The third kappa shape index (κ3) is 2.18. The Morgan fingerprint density at radius 2 is 2.40 bits per heavy atom. The van der Waals surface area contributed by atoms with Crippen LogP contribution in [0.1, 0.15) is 11.3 Å². The highest BCUT2D eigenvalue weighted by molar-refractivity contribution is 7.98. The molecule has 0 atom stereocenters. The van der Waals surface area contributed by atoms with Crippen LogP contribution >= 0.6 is 23.4 Å². The molecule has 2 heterocycles. The molecule has 0 saturated heterocycles. The van der Waals surface area contributed by atoms with E-state index in [0.29, 0.717) is 5.15 Å². The summed E-state index contributed by atoms with van der Waals surface area (Å²) in [5.41, 5.74) is 2.04. The predicted molar refractivity (Wildman–Crippen MR) is 61.1 cm³/mol. The molecule has 0 aliphatic rings. The molecule has 0 aromatic carbocycles. The van der Waals surface area contributed by atoms with E-state index >= 15 is 0 Å². The van der Waals surface area contributed by atoms with Crippen LogP contribution in [0.2, 0.25) is 5.15 Å². The van der Waals surface area contributed by atoms with Gasteiger partial charge >= 0.3 is 0 Å². The van der Waals surface area contributed by atoms with Crippen LogP contribution in [0.15, 0.2) is 17.6 Å². The lowest BCUT2D eigenvalue weighted by molar-refractivity contribution is 0.757. The van der Waals surface area contributed by atoms with Gasteiger partial charge in [0.15, 0.2) is 5.16 Å². The van der Waals surface area contributed by atoms with Crippen molar-refractivity contribution in [3.63, 3.8) is 0 Å². The molecular formula is C9H11ClN4S. The van der Waals surface area contributed by atoms with Gasteiger partial charge < -0.3 is 4.98 Å². The Hall–Kier alpha value is -0.940. The maximum atomic E-state index is 6.11. The van der Waals surface area contributed by atoms with Crippen molar-refractivity contribution in [3.8, 4) is 0 Å². The van der Waals surface area contributed by atoms with Gasteiger partial charge in [-0.2, -0.15) is 5.10 Å². The Balaban J connectivity index is 2.11. The van der Waals surface area contributed by atoms with Crippen LogP contribution in [0.4, 0.5) is 0 Å². The van der Waals surface area contributed by atoms with Crippen LogP contribution in [0, 0.1) is 6.92 Å². The Labute approximate surface area is 97.0 Å². The molecule has 0 aliphatic carbocycles. The van der Waals surface area contributed by atoms with Crippen molar-refractivity contribution >= 4 is 23.4 Å². The number of aryl methyl sites for hydroxylation is 2. The van der Waals surface area contributed by atoms with Gasteiger partial charge in [-0.1, -0.05) is 23.4 Å². The quantitative estimate of drug-likeness (QED) is 0.841. The molecule has 0 amide bonds. The van der Waals surface area contributed by atoms with Gasteiger partial charge in [0.05, 0.1) is 5.69 Å². The minimum atomic E-state index is 0.701. The zero-order valence-electron chi connectivity index (χ0n) is 8.49. The molecule has 2 aromatic rings. The van der Waals surface area contributed by atoms with Crippen molar-refractivity contribution in [1.29, 1.82) is 0 Å². The van der Waals surface area contributed by atoms with Gasteiger partial charge in [0.25, 0.3) is 0 Å². The molecule has 6 heteroatoms. The Morgan fingerprint density at radius 1 is 1.60 bits per heavy atom. The molecule has 0 bridgehead atoms. The molecule has 4 nitrogen and oxygen atoms in total. The molecule has 2 aromatic heterocycles. The average molecular weight is 243 g/mol. The highest BCUT2D eigenvalue weighted by atomic mass is 35.5. The van der Waals surface area contributed by atoms with E-state index in [0.717, 1.165) is 22.2 Å². The summed E-state index contributed by atoms with van der Waals surface area (Å²) >= 11 is 7.73. The van der Waals surface area contributed by atoms with Gasteiger partial charge in [-0.15, -0.1) is 0 Å². The zero-order chi connectivity index (χ0) is 10.8. The van der Waals surface area contributed by atoms with Gasteiger partial charge in [0, 0.05) is 30.8 Å². The maximum absolute atomic E-state index is 6.11. The summed E-state index contributed by atoms with van der Waals surface area (Å²) in [5.74, 6) is 0.784. The monoisotopic (exact) mass is 242 g/mol. The van der Waals surface area contributed by atoms with Crippen molar-refractivity contribution in [1.82, 2.24) is 19.7 Å². The van der Waals surface area contributed by atoms with Crippen molar-refractivity contribution in [2.24, 2.45) is 7.05 Å². The van der Waals surface area contributed by atoms with Crippen LogP contribution in [0.3, 0.4) is 0 Å². The summed E-state index contributed by atoms with van der Waals surface area (Å²) < 4.78 is 1.69. The van der Waals surface area contributed by atoms with Crippen LogP contribution in [0.25, 0.3) is 0 Å². The molecule has 15 heavy (non-hydrogen) atoms. The van der Waals surface area contributed by atoms with Crippen molar-refractivity contribution in [3.05, 3.63) is 28.8 Å². The van der Waals surface area contributed by atoms with Crippen LogP contribution < -0.4 is 0 Å². The molecule has 0 radical (unpaired) electrons. The fraction of sp³-hybridized carbons (Fsp3) is 0.333. The topological polar surface area (TPSA) is 46.5 Å². The van der Waals surface area contributed by atoms with E-state index < -0.39 is 0 Å². The molecule has 0 fully saturated rings. The molecular weight excluding hydrogens is 232 g/mol. The summed E-state index contributed by atoms with van der Waals surface area (Å²) in [7, 11) is 1.84. The zero-order valence-corrected chi connectivity index (χ0v) is 10.1. The Bertz CT molecular complexity index is 449. The predicted octanol–water partition coefficient (Wildman–Crippen LogP) is 2.40. The van der Waals surface area contributed by atoms with Crippen LogP contribution in [0.5, 0.6) is 0 Å². The number of thioether (sulfide) groups is 1. The normalized spacial score (nSPS) is 10.9. The SMILES string of the molecule is Cc1nn(C)c(Cl)c1CSc1ncc[nH]1. The lowest BCUT2D eigenvalue weighted by Crippen LogP contribution is -1.89. The van der Waals surface area contributed by atoms with E-state index in [9.17, 15) is 0 Å². The van der Waals surface area contributed by atoms with Crippen LogP contribution in [-0.4, -0.2) is 19.7 Å². The average Bonchev–Trinajstić information content (AvgIpc) is 2.76. The minimum absolute atomic E-state index is 0.701. The van der Waals surface area contributed by atoms with Gasteiger partial charge in [-0.3, -0.25) is 4.68 Å². The summed E-state index contributed by atoms with van der Waals surface area (Å²) in [4.78, 5) is 7.17. The fourth-order valence-electron chi connectivity index (χ4n) is 1.31. The number of hydrogen-bond donors (Lipinski definition) is 1. The van der Waals surface area contributed by atoms with Gasteiger partial charge in [0.2, 0.25) is 0 Å². The van der Waals surface area contributed by atoms with E-state index in [1.165, 1.54) is 0 Å². The van der Waals surface area contributed by atoms with Crippen LogP contribution in [-0.2, 0) is 12.8 Å². The molecule has 1 N–H and O–H groups in total. The second-order valence-electron chi connectivity index (χ2n) is 3.16. The largest absolute Gasteiger partial charge is 0.340 e. The third-order valence-corrected chi connectivity index (χ3v) is 3.50. The first-order valence-corrected chi connectivity index (χ1v) is 5.85.